The Balaban J connectivity index is 1.23. The second kappa shape index (κ2) is 18.3. The quantitative estimate of drug-likeness (QED) is 0.149. The molecule has 0 atom stereocenters. The number of hydrogen-bond donors (Lipinski definition) is 1. The number of para-hydroxylation sites is 1. The van der Waals surface area contributed by atoms with Gasteiger partial charge in [0.15, 0.2) is 0 Å². The Kier molecular flexibility index (Phi) is 12.0. The Morgan fingerprint density at radius 1 is 0.493 bits per heavy atom. The molecule has 0 aliphatic rings. The Hall–Kier alpha value is -7.82. The van der Waals surface area contributed by atoms with Crippen molar-refractivity contribution in [3.05, 3.63) is 217 Å². The summed E-state index contributed by atoms with van der Waals surface area (Å²) in [5.41, 5.74) is 21.1. The van der Waals surface area contributed by atoms with Crippen LogP contribution in [0.25, 0.3) is 95.0 Å². The van der Waals surface area contributed by atoms with E-state index in [-0.39, 0.29) is 23.0 Å². The monoisotopic (exact) mass is 897 g/mol. The summed E-state index contributed by atoms with van der Waals surface area (Å²) in [5, 5.41) is 12.4. The van der Waals surface area contributed by atoms with Crippen LogP contribution in [0.15, 0.2) is 194 Å². The van der Waals surface area contributed by atoms with Crippen LogP contribution in [-0.4, -0.2) is 19.6 Å². The molecule has 0 saturated carbocycles. The van der Waals surface area contributed by atoms with Gasteiger partial charge in [0.05, 0.1) is 28.0 Å². The molecule has 2 aromatic heterocycles. The number of rotatable bonds is 10. The molecule has 2 heterocycles. The standard InChI is InChI=1S/C65H59N3O/c1-41(2)49-38-55(42(3)4)63(69)56(39-49)64-67-62-54(51-35-50(45-22-14-10-15-23-45)36-52(37-51)58-40-47(32-33-66-58)44-20-12-9-13-21-44)27-19-29-60(62)68(64)59-31-30-48(34-43(59)5)61-53(46-24-16-11-17-25-46)26-18-28-57(61)65(6,7)8/h9-42,69H,1-8H3. The zero-order chi connectivity index (χ0) is 48.0. The number of aromatic nitrogens is 3. The molecule has 0 spiro atoms. The highest BCUT2D eigenvalue weighted by Crippen LogP contribution is 2.45. The number of phenolic OH excluding ortho intramolecular Hbond substituents is 1. The first-order chi connectivity index (χ1) is 33.3. The maximum absolute atomic E-state index is 12.4. The van der Waals surface area contributed by atoms with E-state index in [0.29, 0.717) is 5.82 Å². The van der Waals surface area contributed by atoms with E-state index in [9.17, 15) is 5.11 Å². The maximum atomic E-state index is 12.4. The van der Waals surface area contributed by atoms with Gasteiger partial charge in [-0.25, -0.2) is 4.98 Å². The number of hydrogen-bond acceptors (Lipinski definition) is 3. The van der Waals surface area contributed by atoms with Gasteiger partial charge < -0.3 is 5.11 Å². The van der Waals surface area contributed by atoms with Crippen LogP contribution in [-0.2, 0) is 5.41 Å². The molecule has 8 aromatic carbocycles. The summed E-state index contributed by atoms with van der Waals surface area (Å²) in [6.45, 7) is 17.8. The third-order valence-corrected chi connectivity index (χ3v) is 13.6. The number of phenols is 1. The number of pyridine rings is 1. The summed E-state index contributed by atoms with van der Waals surface area (Å²) < 4.78 is 2.28. The summed E-state index contributed by atoms with van der Waals surface area (Å²) in [4.78, 5) is 10.6. The van der Waals surface area contributed by atoms with Crippen molar-refractivity contribution in [1.82, 2.24) is 14.5 Å². The molecule has 10 aromatic rings. The molecule has 340 valence electrons. The second-order valence-corrected chi connectivity index (χ2v) is 20.1. The summed E-state index contributed by atoms with van der Waals surface area (Å²) in [6.07, 6.45) is 1.90. The van der Waals surface area contributed by atoms with E-state index in [0.717, 1.165) is 89.2 Å². The molecule has 0 radical (unpaired) electrons. The van der Waals surface area contributed by atoms with Gasteiger partial charge in [0.25, 0.3) is 0 Å². The smallest absolute Gasteiger partial charge is 0.149 e. The molecule has 10 rings (SSSR count). The lowest BCUT2D eigenvalue weighted by atomic mass is 9.78. The fraction of sp³-hybridized carbons (Fsp3) is 0.169. The summed E-state index contributed by atoms with van der Waals surface area (Å²) in [7, 11) is 0. The first-order valence-corrected chi connectivity index (χ1v) is 24.3. The molecule has 0 amide bonds. The van der Waals surface area contributed by atoms with Gasteiger partial charge in [-0.3, -0.25) is 9.55 Å². The van der Waals surface area contributed by atoms with Gasteiger partial charge >= 0.3 is 0 Å². The van der Waals surface area contributed by atoms with E-state index >= 15 is 0 Å². The number of nitrogens with zero attached hydrogens (tertiary/aromatic N) is 3. The van der Waals surface area contributed by atoms with Crippen molar-refractivity contribution < 1.29 is 5.11 Å². The zero-order valence-corrected chi connectivity index (χ0v) is 40.9. The topological polar surface area (TPSA) is 50.9 Å². The zero-order valence-electron chi connectivity index (χ0n) is 40.9. The lowest BCUT2D eigenvalue weighted by Crippen LogP contribution is -2.13. The van der Waals surface area contributed by atoms with E-state index in [2.05, 4.69) is 242 Å². The molecule has 0 saturated heterocycles. The lowest BCUT2D eigenvalue weighted by Gasteiger charge is -2.26. The second-order valence-electron chi connectivity index (χ2n) is 20.1. The average Bonchev–Trinajstić information content (AvgIpc) is 3.75. The number of aryl methyl sites for hydroxylation is 1. The van der Waals surface area contributed by atoms with Gasteiger partial charge in [-0.1, -0.05) is 182 Å². The van der Waals surface area contributed by atoms with Crippen LogP contribution < -0.4 is 0 Å². The van der Waals surface area contributed by atoms with Gasteiger partial charge in [0.1, 0.15) is 11.6 Å². The Morgan fingerprint density at radius 3 is 1.77 bits per heavy atom. The van der Waals surface area contributed by atoms with Crippen molar-refractivity contribution in [2.45, 2.75) is 72.6 Å². The van der Waals surface area contributed by atoms with E-state index in [4.69, 9.17) is 9.97 Å². The fourth-order valence-electron chi connectivity index (χ4n) is 9.92. The van der Waals surface area contributed by atoms with Crippen molar-refractivity contribution in [3.8, 4) is 89.7 Å². The Morgan fingerprint density at radius 2 is 1.12 bits per heavy atom. The third-order valence-electron chi connectivity index (χ3n) is 13.6. The molecule has 0 fully saturated rings. The van der Waals surface area contributed by atoms with Crippen molar-refractivity contribution in [1.29, 1.82) is 0 Å². The van der Waals surface area contributed by atoms with Gasteiger partial charge in [0, 0.05) is 17.3 Å². The third kappa shape index (κ3) is 8.68. The number of fused-ring (bicyclic) bond motifs is 1. The predicted molar refractivity (Wildman–Crippen MR) is 290 cm³/mol. The molecule has 4 nitrogen and oxygen atoms in total. The molecule has 4 heteroatoms. The minimum Gasteiger partial charge on any atom is -0.507 e. The average molecular weight is 898 g/mol. The van der Waals surface area contributed by atoms with Crippen molar-refractivity contribution in [2.24, 2.45) is 0 Å². The molecule has 0 aliphatic carbocycles. The largest absolute Gasteiger partial charge is 0.507 e. The minimum absolute atomic E-state index is 0.0949. The first-order valence-electron chi connectivity index (χ1n) is 24.3. The minimum atomic E-state index is -0.0949. The van der Waals surface area contributed by atoms with Crippen molar-refractivity contribution >= 4 is 11.0 Å². The van der Waals surface area contributed by atoms with Crippen LogP contribution in [0, 0.1) is 6.92 Å². The normalized spacial score (nSPS) is 11.8. The van der Waals surface area contributed by atoms with Crippen LogP contribution in [0.2, 0.25) is 0 Å². The van der Waals surface area contributed by atoms with Gasteiger partial charge in [-0.05, 0) is 151 Å². The van der Waals surface area contributed by atoms with E-state index in [1.807, 2.05) is 12.3 Å². The molecule has 0 bridgehead atoms. The van der Waals surface area contributed by atoms with Gasteiger partial charge in [-0.15, -0.1) is 0 Å². The fourth-order valence-corrected chi connectivity index (χ4v) is 9.92. The highest BCUT2D eigenvalue weighted by molar-refractivity contribution is 5.98. The Labute approximate surface area is 407 Å². The molecule has 0 aliphatic heterocycles. The number of imidazole rings is 1. The first kappa shape index (κ1) is 45.0. The van der Waals surface area contributed by atoms with Gasteiger partial charge in [0.2, 0.25) is 0 Å². The van der Waals surface area contributed by atoms with Crippen LogP contribution in [0.4, 0.5) is 0 Å². The predicted octanol–water partition coefficient (Wildman–Crippen LogP) is 17.6. The van der Waals surface area contributed by atoms with Gasteiger partial charge in [-0.2, -0.15) is 0 Å². The molecular weight excluding hydrogens is 839 g/mol. The Bertz CT molecular complexity index is 3490. The van der Waals surface area contributed by atoms with E-state index in [1.54, 1.807) is 0 Å². The van der Waals surface area contributed by atoms with Crippen LogP contribution in [0.3, 0.4) is 0 Å². The van der Waals surface area contributed by atoms with Crippen LogP contribution in [0.5, 0.6) is 5.75 Å². The number of benzene rings is 8. The van der Waals surface area contributed by atoms with Crippen molar-refractivity contribution in [3.63, 3.8) is 0 Å². The van der Waals surface area contributed by atoms with E-state index < -0.39 is 0 Å². The van der Waals surface area contributed by atoms with Crippen molar-refractivity contribution in [2.75, 3.05) is 0 Å². The molecular formula is C65H59N3O. The maximum Gasteiger partial charge on any atom is 0.149 e. The van der Waals surface area contributed by atoms with Crippen LogP contribution in [0.1, 0.15) is 82.6 Å². The molecule has 0 unspecified atom stereocenters. The SMILES string of the molecule is Cc1cc(-c2c(-c3ccccc3)cccc2C(C)(C)C)ccc1-n1c(-c2cc(C(C)C)cc(C(C)C)c2O)nc2c(-c3cc(-c4ccccc4)cc(-c4cc(-c5ccccc5)ccn4)c3)cccc21. The highest BCUT2D eigenvalue weighted by atomic mass is 16.3. The molecule has 1 N–H and O–H groups in total. The summed E-state index contributed by atoms with van der Waals surface area (Å²) in [6, 6.07) is 67.2. The molecule has 69 heavy (non-hydrogen) atoms. The summed E-state index contributed by atoms with van der Waals surface area (Å²) >= 11 is 0. The number of aromatic hydroxyl groups is 1. The van der Waals surface area contributed by atoms with Crippen LogP contribution >= 0.6 is 0 Å². The summed E-state index contributed by atoms with van der Waals surface area (Å²) in [5.74, 6) is 1.32. The van der Waals surface area contributed by atoms with E-state index in [1.165, 1.54) is 22.3 Å². The lowest BCUT2D eigenvalue weighted by molar-refractivity contribution is 0.466. The highest BCUT2D eigenvalue weighted by Gasteiger charge is 2.26.